The van der Waals surface area contributed by atoms with Crippen LogP contribution in [-0.4, -0.2) is 58.4 Å². The van der Waals surface area contributed by atoms with Gasteiger partial charge in [-0.1, -0.05) is 13.0 Å². The van der Waals surface area contributed by atoms with Crippen molar-refractivity contribution in [2.24, 2.45) is 4.99 Å². The van der Waals surface area contributed by atoms with Gasteiger partial charge in [0.2, 0.25) is 0 Å². The lowest BCUT2D eigenvalue weighted by atomic mass is 10.2. The van der Waals surface area contributed by atoms with E-state index in [9.17, 15) is 9.18 Å². The highest BCUT2D eigenvalue weighted by atomic mass is 19.1. The average molecular weight is 488 g/mol. The van der Waals surface area contributed by atoms with Gasteiger partial charge in [0.05, 0.1) is 32.6 Å². The summed E-state index contributed by atoms with van der Waals surface area (Å²) in [6, 6.07) is 7.51. The highest BCUT2D eigenvalue weighted by molar-refractivity contribution is 5.99. The van der Waals surface area contributed by atoms with Crippen molar-refractivity contribution < 1.29 is 18.7 Å². The SMILES string of the molecule is CCC1=NC(NCc2ccc(OC)cc2OC)C=C(Nc2cc(NC)c(C(=O)NC)cn2)N1.CF. The highest BCUT2D eigenvalue weighted by Crippen LogP contribution is 2.25. The molecule has 0 spiro atoms. The molecule has 1 aromatic heterocycles. The zero-order valence-electron chi connectivity index (χ0n) is 21.0. The van der Waals surface area contributed by atoms with Crippen molar-refractivity contribution in [3.05, 3.63) is 53.5 Å². The minimum atomic E-state index is -0.246. The van der Waals surface area contributed by atoms with Crippen molar-refractivity contribution in [2.75, 3.05) is 46.1 Å². The van der Waals surface area contributed by atoms with Gasteiger partial charge in [-0.25, -0.2) is 9.98 Å². The van der Waals surface area contributed by atoms with E-state index in [1.54, 1.807) is 34.4 Å². The largest absolute Gasteiger partial charge is 0.497 e. The van der Waals surface area contributed by atoms with Crippen LogP contribution in [0, 0.1) is 0 Å². The summed E-state index contributed by atoms with van der Waals surface area (Å²) in [5.74, 6) is 3.48. The molecule has 5 N–H and O–H groups in total. The van der Waals surface area contributed by atoms with Crippen LogP contribution in [0.5, 0.6) is 11.5 Å². The van der Waals surface area contributed by atoms with Crippen molar-refractivity contribution in [3.63, 3.8) is 0 Å². The van der Waals surface area contributed by atoms with Gasteiger partial charge < -0.3 is 30.7 Å². The molecular formula is C24H34FN7O3. The van der Waals surface area contributed by atoms with Gasteiger partial charge in [-0.2, -0.15) is 0 Å². The van der Waals surface area contributed by atoms with E-state index >= 15 is 0 Å². The lowest BCUT2D eigenvalue weighted by Crippen LogP contribution is -2.38. The molecule has 0 bridgehead atoms. The van der Waals surface area contributed by atoms with Crippen molar-refractivity contribution in [2.45, 2.75) is 26.1 Å². The molecule has 0 radical (unpaired) electrons. The predicted molar refractivity (Wildman–Crippen MR) is 137 cm³/mol. The molecular weight excluding hydrogens is 453 g/mol. The van der Waals surface area contributed by atoms with Gasteiger partial charge in [-0.05, 0) is 12.1 Å². The van der Waals surface area contributed by atoms with Crippen LogP contribution in [0.1, 0.15) is 29.3 Å². The van der Waals surface area contributed by atoms with E-state index in [4.69, 9.17) is 14.5 Å². The second-order valence-electron chi connectivity index (χ2n) is 7.21. The number of pyridine rings is 1. The molecule has 0 saturated heterocycles. The molecule has 1 aliphatic rings. The van der Waals surface area contributed by atoms with Crippen LogP contribution in [0.15, 0.2) is 47.4 Å². The Labute approximate surface area is 205 Å². The van der Waals surface area contributed by atoms with E-state index in [2.05, 4.69) is 31.6 Å². The molecule has 1 amide bonds. The number of aromatic nitrogens is 1. The molecule has 0 saturated carbocycles. The number of rotatable bonds is 10. The van der Waals surface area contributed by atoms with Crippen LogP contribution in [0.2, 0.25) is 0 Å². The van der Waals surface area contributed by atoms with Gasteiger partial charge in [0.25, 0.3) is 5.91 Å². The van der Waals surface area contributed by atoms with Gasteiger partial charge >= 0.3 is 0 Å². The maximum absolute atomic E-state index is 12.0. The predicted octanol–water partition coefficient (Wildman–Crippen LogP) is 2.87. The molecule has 35 heavy (non-hydrogen) atoms. The summed E-state index contributed by atoms with van der Waals surface area (Å²) in [7, 11) is 7.12. The number of halogens is 1. The summed E-state index contributed by atoms with van der Waals surface area (Å²) >= 11 is 0. The van der Waals surface area contributed by atoms with Gasteiger partial charge in [-0.3, -0.25) is 14.5 Å². The standard InChI is InChI=1S/C23H31N7O3.CH3F/c1-6-19-28-21(26-12-14-7-8-15(32-4)9-18(14)33-5)11-22(29-19)30-20-10-17(24-2)16(13-27-20)23(31)25-3;1-2/h7-11,13,21,26H,6,12H2,1-5H3,(H,25,31)(H,28,29)(H2,24,27,30);1H3. The molecule has 1 aromatic carbocycles. The molecule has 190 valence electrons. The average Bonchev–Trinajstić information content (AvgIpc) is 2.92. The number of aliphatic imine (C=N–C) groups is 1. The number of benzene rings is 1. The monoisotopic (exact) mass is 487 g/mol. The first-order valence-electron chi connectivity index (χ1n) is 11.1. The van der Waals surface area contributed by atoms with Crippen molar-refractivity contribution in [1.82, 2.24) is 20.9 Å². The van der Waals surface area contributed by atoms with Crippen molar-refractivity contribution in [3.8, 4) is 11.5 Å². The number of nitrogens with one attached hydrogen (secondary N) is 5. The van der Waals surface area contributed by atoms with Gasteiger partial charge in [-0.15, -0.1) is 0 Å². The topological polar surface area (TPSA) is 121 Å². The number of methoxy groups -OCH3 is 2. The van der Waals surface area contributed by atoms with Crippen LogP contribution in [0.25, 0.3) is 0 Å². The number of alkyl halides is 1. The minimum absolute atomic E-state index is 0.202. The fourth-order valence-corrected chi connectivity index (χ4v) is 3.35. The third-order valence-electron chi connectivity index (χ3n) is 5.14. The first kappa shape index (κ1) is 27.4. The summed E-state index contributed by atoms with van der Waals surface area (Å²) in [6.07, 6.45) is 3.98. The summed E-state index contributed by atoms with van der Waals surface area (Å²) < 4.78 is 20.3. The molecule has 1 atom stereocenters. The minimum Gasteiger partial charge on any atom is -0.497 e. The van der Waals surface area contributed by atoms with Crippen LogP contribution >= 0.6 is 0 Å². The molecule has 11 heteroatoms. The number of carbonyl (C=O) groups is 1. The van der Waals surface area contributed by atoms with Crippen LogP contribution in [-0.2, 0) is 6.54 Å². The number of amides is 1. The number of anilines is 2. The Kier molecular flexibility index (Phi) is 10.8. The number of nitrogens with zero attached hydrogens (tertiary/aromatic N) is 2. The van der Waals surface area contributed by atoms with Crippen LogP contribution < -0.4 is 36.1 Å². The maximum atomic E-state index is 12.0. The van der Waals surface area contributed by atoms with E-state index in [0.717, 1.165) is 35.1 Å². The number of amidine groups is 1. The number of ether oxygens (including phenoxy) is 2. The van der Waals surface area contributed by atoms with E-state index in [-0.39, 0.29) is 12.1 Å². The van der Waals surface area contributed by atoms with Crippen LogP contribution in [0.3, 0.4) is 0 Å². The molecule has 2 heterocycles. The Bertz CT molecular complexity index is 1060. The molecule has 3 rings (SSSR count). The first-order valence-corrected chi connectivity index (χ1v) is 11.1. The summed E-state index contributed by atoms with van der Waals surface area (Å²) in [5, 5.41) is 15.6. The van der Waals surface area contributed by atoms with Gasteiger partial charge in [0.1, 0.15) is 35.1 Å². The molecule has 10 nitrogen and oxygen atoms in total. The Balaban J connectivity index is 0.00000210. The second-order valence-corrected chi connectivity index (χ2v) is 7.21. The summed E-state index contributed by atoms with van der Waals surface area (Å²) in [6.45, 7) is 2.60. The van der Waals surface area contributed by atoms with Gasteiger partial charge in [0.15, 0.2) is 0 Å². The number of hydrogen-bond acceptors (Lipinski definition) is 9. The quantitative estimate of drug-likeness (QED) is 0.347. The molecule has 1 aliphatic heterocycles. The third-order valence-corrected chi connectivity index (χ3v) is 5.14. The fourth-order valence-electron chi connectivity index (χ4n) is 3.35. The summed E-state index contributed by atoms with van der Waals surface area (Å²) in [4.78, 5) is 21.1. The lowest BCUT2D eigenvalue weighted by Gasteiger charge is -2.23. The first-order chi connectivity index (χ1) is 17.0. The van der Waals surface area contributed by atoms with Crippen molar-refractivity contribution in [1.29, 1.82) is 0 Å². The molecule has 0 fully saturated rings. The van der Waals surface area contributed by atoms with Crippen molar-refractivity contribution >= 4 is 23.2 Å². The van der Waals surface area contributed by atoms with E-state index in [0.29, 0.717) is 30.8 Å². The summed E-state index contributed by atoms with van der Waals surface area (Å²) in [5.41, 5.74) is 2.15. The number of hydrogen-bond donors (Lipinski definition) is 5. The molecule has 2 aromatic rings. The Morgan fingerprint density at radius 3 is 2.57 bits per heavy atom. The Morgan fingerprint density at radius 1 is 1.17 bits per heavy atom. The Morgan fingerprint density at radius 2 is 1.94 bits per heavy atom. The van der Waals surface area contributed by atoms with E-state index in [1.807, 2.05) is 31.2 Å². The highest BCUT2D eigenvalue weighted by Gasteiger charge is 2.17. The molecule has 0 aliphatic carbocycles. The second kappa shape index (κ2) is 13.8. The molecule has 1 unspecified atom stereocenters. The Hall–Kier alpha value is -3.86. The van der Waals surface area contributed by atoms with Gasteiger partial charge in [0, 0.05) is 51.0 Å². The van der Waals surface area contributed by atoms with E-state index in [1.165, 1.54) is 6.20 Å². The van der Waals surface area contributed by atoms with E-state index < -0.39 is 0 Å². The fraction of sp³-hybridized carbons (Fsp3) is 0.375. The smallest absolute Gasteiger partial charge is 0.254 e. The third kappa shape index (κ3) is 7.31. The lowest BCUT2D eigenvalue weighted by molar-refractivity contribution is 0.0963. The maximum Gasteiger partial charge on any atom is 0.254 e. The van der Waals surface area contributed by atoms with Crippen LogP contribution in [0.4, 0.5) is 15.9 Å². The zero-order valence-corrected chi connectivity index (χ0v) is 21.0. The zero-order chi connectivity index (χ0) is 25.8. The normalized spacial score (nSPS) is 14.3. The number of carbonyl (C=O) groups excluding carboxylic acids is 1.